The van der Waals surface area contributed by atoms with E-state index in [4.69, 9.17) is 4.74 Å². The van der Waals surface area contributed by atoms with Gasteiger partial charge in [-0.05, 0) is 82.2 Å². The molecule has 1 atom stereocenters. The lowest BCUT2D eigenvalue weighted by Crippen LogP contribution is -2.48. The summed E-state index contributed by atoms with van der Waals surface area (Å²) in [6.07, 6.45) is 1.70. The standard InChI is InChI=1S/C28H35F3N4O2/c1-18(28(29,30)31)34(2)23-8-5-20(6-9-23)27(36)35-17-22-4-3-13-32-26(22)33-24-10-7-21(16-25(24)35)19-11-14-37-15-12-19/h3-4,7,10,13,16,18-20,23H,5-6,8-9,11-12,14-15,17H2,1-2H3,(H,32,33)/t18-,20-,23+/m0/s1. The molecular formula is C28H35F3N4O2. The second kappa shape index (κ2) is 10.6. The van der Waals surface area contributed by atoms with E-state index in [-0.39, 0.29) is 17.9 Å². The fraction of sp³-hybridized carbons (Fsp3) is 0.571. The number of rotatable bonds is 4. The third kappa shape index (κ3) is 5.48. The van der Waals surface area contributed by atoms with Crippen LogP contribution >= 0.6 is 0 Å². The number of ether oxygens (including phenoxy) is 1. The minimum atomic E-state index is -4.26. The van der Waals surface area contributed by atoms with Crippen molar-refractivity contribution in [1.29, 1.82) is 0 Å². The van der Waals surface area contributed by atoms with E-state index in [9.17, 15) is 18.0 Å². The molecule has 2 aliphatic heterocycles. The summed E-state index contributed by atoms with van der Waals surface area (Å²) in [5.41, 5.74) is 3.82. The van der Waals surface area contributed by atoms with E-state index in [0.717, 1.165) is 48.8 Å². The zero-order valence-corrected chi connectivity index (χ0v) is 21.4. The molecule has 2 fully saturated rings. The van der Waals surface area contributed by atoms with Gasteiger partial charge in [-0.3, -0.25) is 9.69 Å². The molecule has 9 heteroatoms. The maximum absolute atomic E-state index is 14.0. The fourth-order valence-electron chi connectivity index (χ4n) is 5.92. The van der Waals surface area contributed by atoms with Gasteiger partial charge in [0.2, 0.25) is 5.91 Å². The molecule has 0 unspecified atom stereocenters. The van der Waals surface area contributed by atoms with E-state index in [1.54, 1.807) is 13.2 Å². The minimum Gasteiger partial charge on any atom is -0.381 e. The summed E-state index contributed by atoms with van der Waals surface area (Å²) in [5.74, 6) is 0.947. The summed E-state index contributed by atoms with van der Waals surface area (Å²) >= 11 is 0. The van der Waals surface area contributed by atoms with Crippen molar-refractivity contribution in [2.75, 3.05) is 30.5 Å². The lowest BCUT2D eigenvalue weighted by atomic mass is 9.84. The molecule has 0 radical (unpaired) electrons. The smallest absolute Gasteiger partial charge is 0.381 e. The molecule has 200 valence electrons. The lowest BCUT2D eigenvalue weighted by Gasteiger charge is -2.39. The number of benzene rings is 1. The van der Waals surface area contributed by atoms with Gasteiger partial charge in [0, 0.05) is 36.9 Å². The Bertz CT molecular complexity index is 1110. The molecule has 2 aromatic rings. The number of aromatic nitrogens is 1. The number of pyridine rings is 1. The Hall–Kier alpha value is -2.65. The highest BCUT2D eigenvalue weighted by atomic mass is 19.4. The fourth-order valence-corrected chi connectivity index (χ4v) is 5.92. The number of alkyl halides is 3. The molecule has 3 heterocycles. The van der Waals surface area contributed by atoms with Gasteiger partial charge in [-0.1, -0.05) is 12.1 Å². The molecule has 1 aromatic carbocycles. The Balaban J connectivity index is 1.38. The molecule has 0 bridgehead atoms. The van der Waals surface area contributed by atoms with Crippen molar-refractivity contribution in [2.24, 2.45) is 5.92 Å². The van der Waals surface area contributed by atoms with E-state index >= 15 is 0 Å². The van der Waals surface area contributed by atoms with Gasteiger partial charge >= 0.3 is 6.18 Å². The van der Waals surface area contributed by atoms with Crippen LogP contribution in [-0.2, 0) is 16.1 Å². The van der Waals surface area contributed by atoms with Gasteiger partial charge < -0.3 is 15.0 Å². The average Bonchev–Trinajstić information content (AvgIpc) is 3.08. The zero-order valence-electron chi connectivity index (χ0n) is 21.4. The number of fused-ring (bicyclic) bond motifs is 2. The van der Waals surface area contributed by atoms with Crippen molar-refractivity contribution in [3.8, 4) is 0 Å². The molecule has 1 saturated carbocycles. The van der Waals surface area contributed by atoms with E-state index in [0.29, 0.717) is 38.1 Å². The number of carbonyl (C=O) groups excluding carboxylic acids is 1. The van der Waals surface area contributed by atoms with Crippen LogP contribution in [0.15, 0.2) is 36.5 Å². The molecule has 1 aliphatic carbocycles. The molecule has 6 nitrogen and oxygen atoms in total. The van der Waals surface area contributed by atoms with Crippen LogP contribution in [0.25, 0.3) is 0 Å². The molecule has 0 spiro atoms. The molecule has 1 amide bonds. The molecule has 1 aromatic heterocycles. The van der Waals surface area contributed by atoms with Crippen LogP contribution in [0.1, 0.15) is 62.5 Å². The number of halogens is 3. The van der Waals surface area contributed by atoms with Gasteiger partial charge in [-0.2, -0.15) is 13.2 Å². The SMILES string of the molecule is C[C@H](N(C)[C@H]1CC[C@@H](C(=O)N2Cc3cccnc3Nc3ccc(C4CCOCC4)cc32)CC1)C(F)(F)F. The second-order valence-corrected chi connectivity index (χ2v) is 10.6. The average molecular weight is 517 g/mol. The summed E-state index contributed by atoms with van der Waals surface area (Å²) in [7, 11) is 1.55. The Morgan fingerprint density at radius 3 is 2.57 bits per heavy atom. The molecule has 3 aliphatic rings. The van der Waals surface area contributed by atoms with E-state index in [1.807, 2.05) is 23.1 Å². The molecular weight excluding hydrogens is 481 g/mol. The van der Waals surface area contributed by atoms with Gasteiger partial charge in [-0.15, -0.1) is 0 Å². The number of nitrogens with zero attached hydrogens (tertiary/aromatic N) is 3. The maximum Gasteiger partial charge on any atom is 0.403 e. The van der Waals surface area contributed by atoms with Gasteiger partial charge in [0.15, 0.2) is 0 Å². The second-order valence-electron chi connectivity index (χ2n) is 10.6. The van der Waals surface area contributed by atoms with E-state index in [1.165, 1.54) is 17.4 Å². The normalized spacial score (nSPS) is 23.6. The summed E-state index contributed by atoms with van der Waals surface area (Å²) < 4.78 is 45.3. The van der Waals surface area contributed by atoms with Crippen molar-refractivity contribution >= 4 is 23.1 Å². The first-order valence-electron chi connectivity index (χ1n) is 13.2. The molecule has 5 rings (SSSR count). The first-order chi connectivity index (χ1) is 17.7. The summed E-state index contributed by atoms with van der Waals surface area (Å²) in [4.78, 5) is 21.8. The quantitative estimate of drug-likeness (QED) is 0.540. The lowest BCUT2D eigenvalue weighted by molar-refractivity contribution is -0.182. The molecule has 1 saturated heterocycles. The van der Waals surface area contributed by atoms with Crippen LogP contribution in [0.4, 0.5) is 30.4 Å². The Labute approximate surface area is 216 Å². The first kappa shape index (κ1) is 26.0. The zero-order chi connectivity index (χ0) is 26.2. The van der Waals surface area contributed by atoms with Crippen LogP contribution in [0.2, 0.25) is 0 Å². The summed E-state index contributed by atoms with van der Waals surface area (Å²) in [6, 6.07) is 8.47. The Morgan fingerprint density at radius 1 is 1.14 bits per heavy atom. The number of carbonyl (C=O) groups is 1. The summed E-state index contributed by atoms with van der Waals surface area (Å²) in [5, 5.41) is 3.43. The van der Waals surface area contributed by atoms with Crippen LogP contribution in [-0.4, -0.2) is 54.3 Å². The van der Waals surface area contributed by atoms with Gasteiger partial charge in [0.05, 0.1) is 17.9 Å². The van der Waals surface area contributed by atoms with Crippen molar-refractivity contribution in [3.05, 3.63) is 47.7 Å². The minimum absolute atomic E-state index is 0.0360. The third-order valence-electron chi connectivity index (χ3n) is 8.45. The molecule has 37 heavy (non-hydrogen) atoms. The highest BCUT2D eigenvalue weighted by molar-refractivity contribution is 5.99. The number of hydrogen-bond acceptors (Lipinski definition) is 5. The molecule has 1 N–H and O–H groups in total. The topological polar surface area (TPSA) is 57.7 Å². The highest BCUT2D eigenvalue weighted by Crippen LogP contribution is 2.41. The van der Waals surface area contributed by atoms with Crippen molar-refractivity contribution < 1.29 is 22.7 Å². The number of anilines is 3. The predicted octanol–water partition coefficient (Wildman–Crippen LogP) is 6.01. The summed E-state index contributed by atoms with van der Waals surface area (Å²) in [6.45, 7) is 3.09. The van der Waals surface area contributed by atoms with Crippen molar-refractivity contribution in [3.63, 3.8) is 0 Å². The number of hydrogen-bond donors (Lipinski definition) is 1. The Kier molecular flexibility index (Phi) is 7.45. The monoisotopic (exact) mass is 516 g/mol. The predicted molar refractivity (Wildman–Crippen MR) is 137 cm³/mol. The Morgan fingerprint density at radius 2 is 1.86 bits per heavy atom. The van der Waals surface area contributed by atoms with Crippen LogP contribution < -0.4 is 10.2 Å². The van der Waals surface area contributed by atoms with E-state index < -0.39 is 12.2 Å². The van der Waals surface area contributed by atoms with Gasteiger partial charge in [0.1, 0.15) is 11.9 Å². The van der Waals surface area contributed by atoms with E-state index in [2.05, 4.69) is 22.4 Å². The van der Waals surface area contributed by atoms with Crippen LogP contribution in [0.5, 0.6) is 0 Å². The third-order valence-corrected chi connectivity index (χ3v) is 8.45. The highest BCUT2D eigenvalue weighted by Gasteiger charge is 2.42. The van der Waals surface area contributed by atoms with Crippen molar-refractivity contribution in [2.45, 2.75) is 76.2 Å². The van der Waals surface area contributed by atoms with Crippen LogP contribution in [0, 0.1) is 5.92 Å². The maximum atomic E-state index is 14.0. The first-order valence-corrected chi connectivity index (χ1v) is 13.2. The van der Waals surface area contributed by atoms with Crippen molar-refractivity contribution in [1.82, 2.24) is 9.88 Å². The van der Waals surface area contributed by atoms with Gasteiger partial charge in [0.25, 0.3) is 0 Å². The number of amides is 1. The largest absolute Gasteiger partial charge is 0.403 e. The van der Waals surface area contributed by atoms with Crippen LogP contribution in [0.3, 0.4) is 0 Å². The van der Waals surface area contributed by atoms with Gasteiger partial charge in [-0.25, -0.2) is 4.98 Å². The number of nitrogens with one attached hydrogen (secondary N) is 1.